The van der Waals surface area contributed by atoms with Crippen molar-refractivity contribution < 1.29 is 19.1 Å². The molecule has 0 aliphatic rings. The third-order valence-corrected chi connectivity index (χ3v) is 5.00. The predicted octanol–water partition coefficient (Wildman–Crippen LogP) is 4.07. The number of para-hydroxylation sites is 1. The Morgan fingerprint density at radius 2 is 1.76 bits per heavy atom. The summed E-state index contributed by atoms with van der Waals surface area (Å²) in [5.74, 6) is 0.202. The first-order valence-corrected chi connectivity index (χ1v) is 10.8. The Bertz CT molecular complexity index is 1210. The van der Waals surface area contributed by atoms with Gasteiger partial charge < -0.3 is 20.5 Å². The lowest BCUT2D eigenvalue weighted by molar-refractivity contribution is -0.118. The van der Waals surface area contributed by atoms with Crippen molar-refractivity contribution in [3.05, 3.63) is 82.9 Å². The highest BCUT2D eigenvalue weighted by Gasteiger charge is 2.10. The second kappa shape index (κ2) is 11.5. The van der Waals surface area contributed by atoms with E-state index in [1.807, 2.05) is 39.0 Å². The van der Waals surface area contributed by atoms with E-state index in [2.05, 4.69) is 15.8 Å². The molecule has 0 aliphatic carbocycles. The SMILES string of the molecule is CCOc1cc(/C=N\NC(=O)c2ccccc2N)ccc1OCC(=O)Nc1ccc(C)c(C)c1. The Morgan fingerprint density at radius 1 is 0.971 bits per heavy atom. The van der Waals surface area contributed by atoms with E-state index in [1.165, 1.54) is 6.21 Å². The third-order valence-electron chi connectivity index (χ3n) is 5.00. The fourth-order valence-electron chi connectivity index (χ4n) is 3.08. The molecule has 3 rings (SSSR count). The molecule has 0 fully saturated rings. The normalized spacial score (nSPS) is 10.7. The van der Waals surface area contributed by atoms with Crippen molar-refractivity contribution in [2.24, 2.45) is 5.10 Å². The van der Waals surface area contributed by atoms with Crippen LogP contribution >= 0.6 is 0 Å². The molecule has 0 aliphatic heterocycles. The van der Waals surface area contributed by atoms with Gasteiger partial charge in [-0.25, -0.2) is 5.43 Å². The number of nitrogens with one attached hydrogen (secondary N) is 2. The van der Waals surface area contributed by atoms with Gasteiger partial charge in [0.25, 0.3) is 11.8 Å². The van der Waals surface area contributed by atoms with E-state index in [-0.39, 0.29) is 12.5 Å². The van der Waals surface area contributed by atoms with Crippen LogP contribution in [0.4, 0.5) is 11.4 Å². The highest BCUT2D eigenvalue weighted by Crippen LogP contribution is 2.28. The van der Waals surface area contributed by atoms with E-state index >= 15 is 0 Å². The molecule has 0 saturated carbocycles. The highest BCUT2D eigenvalue weighted by atomic mass is 16.5. The largest absolute Gasteiger partial charge is 0.490 e. The molecular weight excluding hydrogens is 432 g/mol. The minimum Gasteiger partial charge on any atom is -0.490 e. The summed E-state index contributed by atoms with van der Waals surface area (Å²) in [6.45, 7) is 6.09. The van der Waals surface area contributed by atoms with Crippen molar-refractivity contribution in [3.8, 4) is 11.5 Å². The molecule has 4 N–H and O–H groups in total. The van der Waals surface area contributed by atoms with Gasteiger partial charge in [-0.2, -0.15) is 5.10 Å². The average molecular weight is 461 g/mol. The number of carbonyl (C=O) groups excluding carboxylic acids is 2. The van der Waals surface area contributed by atoms with Crippen LogP contribution < -0.4 is 25.9 Å². The fourth-order valence-corrected chi connectivity index (χ4v) is 3.08. The molecule has 0 unspecified atom stereocenters. The number of hydrazone groups is 1. The van der Waals surface area contributed by atoms with Crippen molar-refractivity contribution in [1.82, 2.24) is 5.43 Å². The van der Waals surface area contributed by atoms with Crippen LogP contribution in [0.15, 0.2) is 65.8 Å². The summed E-state index contributed by atoms with van der Waals surface area (Å²) in [7, 11) is 0. The quantitative estimate of drug-likeness (QED) is 0.253. The molecular formula is C26H28N4O4. The van der Waals surface area contributed by atoms with Gasteiger partial charge in [0.15, 0.2) is 18.1 Å². The monoisotopic (exact) mass is 460 g/mol. The summed E-state index contributed by atoms with van der Waals surface area (Å²) < 4.78 is 11.3. The predicted molar refractivity (Wildman–Crippen MR) is 134 cm³/mol. The first-order chi connectivity index (χ1) is 16.4. The van der Waals surface area contributed by atoms with Crippen molar-refractivity contribution in [3.63, 3.8) is 0 Å². The van der Waals surface area contributed by atoms with E-state index in [0.717, 1.165) is 11.1 Å². The van der Waals surface area contributed by atoms with Gasteiger partial charge in [0, 0.05) is 11.4 Å². The number of nitrogens with two attached hydrogens (primary N) is 1. The second-order valence-electron chi connectivity index (χ2n) is 7.56. The molecule has 8 nitrogen and oxygen atoms in total. The molecule has 8 heteroatoms. The lowest BCUT2D eigenvalue weighted by atomic mass is 10.1. The van der Waals surface area contributed by atoms with E-state index in [0.29, 0.717) is 40.6 Å². The zero-order valence-corrected chi connectivity index (χ0v) is 19.4. The zero-order chi connectivity index (χ0) is 24.5. The summed E-state index contributed by atoms with van der Waals surface area (Å²) in [5.41, 5.74) is 12.6. The third kappa shape index (κ3) is 6.59. The van der Waals surface area contributed by atoms with Gasteiger partial charge in [-0.05, 0) is 79.9 Å². The molecule has 2 amide bonds. The minimum atomic E-state index is -0.408. The molecule has 0 radical (unpaired) electrons. The minimum absolute atomic E-state index is 0.172. The lowest BCUT2D eigenvalue weighted by Gasteiger charge is -2.13. The summed E-state index contributed by atoms with van der Waals surface area (Å²) in [6.07, 6.45) is 1.48. The highest BCUT2D eigenvalue weighted by molar-refractivity contribution is 5.99. The molecule has 0 atom stereocenters. The molecule has 0 bridgehead atoms. The number of aryl methyl sites for hydroxylation is 2. The van der Waals surface area contributed by atoms with Crippen molar-refractivity contribution in [2.75, 3.05) is 24.3 Å². The first-order valence-electron chi connectivity index (χ1n) is 10.8. The van der Waals surface area contributed by atoms with Gasteiger partial charge in [0.05, 0.1) is 18.4 Å². The first kappa shape index (κ1) is 24.3. The van der Waals surface area contributed by atoms with Gasteiger partial charge >= 0.3 is 0 Å². The van der Waals surface area contributed by atoms with Gasteiger partial charge in [-0.15, -0.1) is 0 Å². The Morgan fingerprint density at radius 3 is 2.50 bits per heavy atom. The second-order valence-corrected chi connectivity index (χ2v) is 7.56. The van der Waals surface area contributed by atoms with Crippen LogP contribution in [0.5, 0.6) is 11.5 Å². The van der Waals surface area contributed by atoms with Crippen LogP contribution in [0.3, 0.4) is 0 Å². The number of benzene rings is 3. The molecule has 0 aromatic heterocycles. The van der Waals surface area contributed by atoms with Gasteiger partial charge in [0.1, 0.15) is 0 Å². The molecule has 34 heavy (non-hydrogen) atoms. The number of nitrogen functional groups attached to an aromatic ring is 1. The maximum Gasteiger partial charge on any atom is 0.273 e. The molecule has 0 saturated heterocycles. The molecule has 3 aromatic carbocycles. The smallest absolute Gasteiger partial charge is 0.273 e. The summed E-state index contributed by atoms with van der Waals surface area (Å²) in [5, 5.41) is 6.81. The van der Waals surface area contributed by atoms with Gasteiger partial charge in [0.2, 0.25) is 0 Å². The lowest BCUT2D eigenvalue weighted by Crippen LogP contribution is -2.20. The number of hydrogen-bond acceptors (Lipinski definition) is 6. The summed E-state index contributed by atoms with van der Waals surface area (Å²) >= 11 is 0. The molecule has 3 aromatic rings. The maximum atomic E-state index is 12.3. The standard InChI is InChI=1S/C26H28N4O4/c1-4-33-24-14-19(15-28-30-26(32)21-7-5-6-8-22(21)27)10-12-23(24)34-16-25(31)29-20-11-9-17(2)18(3)13-20/h5-15H,4,16,27H2,1-3H3,(H,29,31)(H,30,32)/b28-15-. The number of ether oxygens (including phenoxy) is 2. The summed E-state index contributed by atoms with van der Waals surface area (Å²) in [4.78, 5) is 24.5. The van der Waals surface area contributed by atoms with Gasteiger partial charge in [-0.3, -0.25) is 9.59 Å². The van der Waals surface area contributed by atoms with E-state index in [4.69, 9.17) is 15.2 Å². The zero-order valence-electron chi connectivity index (χ0n) is 19.4. The van der Waals surface area contributed by atoms with Crippen molar-refractivity contribution >= 4 is 29.4 Å². The molecule has 176 valence electrons. The van der Waals surface area contributed by atoms with E-state index in [9.17, 15) is 9.59 Å². The molecule has 0 heterocycles. The van der Waals surface area contributed by atoms with Crippen LogP contribution in [0.2, 0.25) is 0 Å². The van der Waals surface area contributed by atoms with Crippen LogP contribution in [0, 0.1) is 13.8 Å². The van der Waals surface area contributed by atoms with Crippen LogP contribution in [-0.4, -0.2) is 31.2 Å². The number of carbonyl (C=O) groups is 2. The van der Waals surface area contributed by atoms with E-state index in [1.54, 1.807) is 42.5 Å². The van der Waals surface area contributed by atoms with Crippen molar-refractivity contribution in [2.45, 2.75) is 20.8 Å². The van der Waals surface area contributed by atoms with Crippen LogP contribution in [0.1, 0.15) is 34.0 Å². The van der Waals surface area contributed by atoms with Crippen LogP contribution in [-0.2, 0) is 4.79 Å². The topological polar surface area (TPSA) is 115 Å². The Balaban J connectivity index is 1.61. The maximum absolute atomic E-state index is 12.3. The van der Waals surface area contributed by atoms with Crippen LogP contribution in [0.25, 0.3) is 0 Å². The number of anilines is 2. The Hall–Kier alpha value is -4.33. The Labute approximate surface area is 198 Å². The van der Waals surface area contributed by atoms with E-state index < -0.39 is 5.91 Å². The number of nitrogens with zero attached hydrogens (tertiary/aromatic N) is 1. The number of rotatable bonds is 9. The fraction of sp³-hybridized carbons (Fsp3) is 0.192. The summed E-state index contributed by atoms with van der Waals surface area (Å²) in [6, 6.07) is 17.6. The molecule has 0 spiro atoms. The van der Waals surface area contributed by atoms with Gasteiger partial charge in [-0.1, -0.05) is 18.2 Å². The Kier molecular flexibility index (Phi) is 8.23. The average Bonchev–Trinajstić information content (AvgIpc) is 2.81. The van der Waals surface area contributed by atoms with Crippen molar-refractivity contribution in [1.29, 1.82) is 0 Å². The number of amides is 2. The number of hydrogen-bond donors (Lipinski definition) is 3.